The molecule has 0 saturated carbocycles. The lowest BCUT2D eigenvalue weighted by atomic mass is 9.94. The number of rotatable bonds is 3. The van der Waals surface area contributed by atoms with E-state index in [1.54, 1.807) is 19.9 Å². The first-order chi connectivity index (χ1) is 8.44. The maximum absolute atomic E-state index is 14.2. The van der Waals surface area contributed by atoms with Crippen LogP contribution in [0.3, 0.4) is 0 Å². The van der Waals surface area contributed by atoms with Gasteiger partial charge in [-0.3, -0.25) is 0 Å². The normalized spacial score (nSPS) is 20.7. The summed E-state index contributed by atoms with van der Waals surface area (Å²) in [5.74, 6) is -4.18. The van der Waals surface area contributed by atoms with Crippen LogP contribution in [0.2, 0.25) is 0 Å². The van der Waals surface area contributed by atoms with E-state index in [-0.39, 0.29) is 12.3 Å². The third-order valence-electron chi connectivity index (χ3n) is 3.34. The Hall–Kier alpha value is -1.03. The summed E-state index contributed by atoms with van der Waals surface area (Å²) >= 11 is 0. The highest BCUT2D eigenvalue weighted by atomic mass is 19.3. The quantitative estimate of drug-likeness (QED) is 0.788. The van der Waals surface area contributed by atoms with Gasteiger partial charge in [-0.25, -0.2) is 4.39 Å². The minimum atomic E-state index is -3.26. The molecular formula is C14H17F3O. The Morgan fingerprint density at radius 1 is 1.33 bits per heavy atom. The van der Waals surface area contributed by atoms with E-state index in [4.69, 9.17) is 4.74 Å². The molecule has 2 rings (SSSR count). The standard InChI is InChI=1S/C14H17F3O/c1-9(2)10-5-3-6-11(13(10)15)14(16,17)12-7-4-8-18-12/h3,5-6,9,12H,4,7-8H2,1-2H3. The fourth-order valence-corrected chi connectivity index (χ4v) is 2.29. The van der Waals surface area contributed by atoms with Crippen molar-refractivity contribution >= 4 is 0 Å². The van der Waals surface area contributed by atoms with E-state index in [0.717, 1.165) is 6.07 Å². The summed E-state index contributed by atoms with van der Waals surface area (Å²) in [6.45, 7) is 3.89. The third kappa shape index (κ3) is 2.26. The smallest absolute Gasteiger partial charge is 0.301 e. The Kier molecular flexibility index (Phi) is 3.66. The van der Waals surface area contributed by atoms with E-state index in [0.29, 0.717) is 18.6 Å². The van der Waals surface area contributed by atoms with Crippen molar-refractivity contribution in [3.63, 3.8) is 0 Å². The maximum Gasteiger partial charge on any atom is 0.301 e. The van der Waals surface area contributed by atoms with E-state index in [9.17, 15) is 13.2 Å². The van der Waals surface area contributed by atoms with Crippen molar-refractivity contribution in [2.45, 2.75) is 44.6 Å². The number of benzene rings is 1. The van der Waals surface area contributed by atoms with Gasteiger partial charge in [-0.2, -0.15) is 8.78 Å². The van der Waals surface area contributed by atoms with Crippen molar-refractivity contribution in [1.29, 1.82) is 0 Å². The first-order valence-corrected chi connectivity index (χ1v) is 6.23. The van der Waals surface area contributed by atoms with E-state index in [1.807, 2.05) is 0 Å². The molecule has 1 atom stereocenters. The Morgan fingerprint density at radius 2 is 2.06 bits per heavy atom. The molecule has 0 spiro atoms. The van der Waals surface area contributed by atoms with Gasteiger partial charge >= 0.3 is 5.92 Å². The van der Waals surface area contributed by atoms with Crippen LogP contribution < -0.4 is 0 Å². The van der Waals surface area contributed by atoms with Crippen molar-refractivity contribution in [3.05, 3.63) is 35.1 Å². The second-order valence-corrected chi connectivity index (χ2v) is 4.99. The second kappa shape index (κ2) is 4.92. The number of hydrogen-bond acceptors (Lipinski definition) is 1. The Balaban J connectivity index is 2.40. The highest BCUT2D eigenvalue weighted by Crippen LogP contribution is 2.40. The molecule has 0 N–H and O–H groups in total. The molecule has 0 aromatic heterocycles. The second-order valence-electron chi connectivity index (χ2n) is 4.99. The van der Waals surface area contributed by atoms with Gasteiger partial charge in [-0.1, -0.05) is 26.0 Å². The molecule has 100 valence electrons. The van der Waals surface area contributed by atoms with Gasteiger partial charge in [-0.15, -0.1) is 0 Å². The minimum Gasteiger partial charge on any atom is -0.372 e. The Bertz CT molecular complexity index is 423. The van der Waals surface area contributed by atoms with Gasteiger partial charge in [0, 0.05) is 6.61 Å². The molecule has 1 unspecified atom stereocenters. The summed E-state index contributed by atoms with van der Waals surface area (Å²) in [5.41, 5.74) is -0.217. The van der Waals surface area contributed by atoms with Crippen molar-refractivity contribution < 1.29 is 17.9 Å². The topological polar surface area (TPSA) is 9.23 Å². The summed E-state index contributed by atoms with van der Waals surface area (Å²) in [6, 6.07) is 4.19. The van der Waals surface area contributed by atoms with Crippen LogP contribution in [0.25, 0.3) is 0 Å². The molecule has 1 fully saturated rings. The van der Waals surface area contributed by atoms with Crippen molar-refractivity contribution in [2.24, 2.45) is 0 Å². The van der Waals surface area contributed by atoms with Crippen LogP contribution in [-0.2, 0) is 10.7 Å². The van der Waals surface area contributed by atoms with Crippen LogP contribution in [0.1, 0.15) is 43.7 Å². The lowest BCUT2D eigenvalue weighted by molar-refractivity contribution is -0.124. The number of ether oxygens (including phenoxy) is 1. The molecule has 1 nitrogen and oxygen atoms in total. The monoisotopic (exact) mass is 258 g/mol. The van der Waals surface area contributed by atoms with E-state index in [2.05, 4.69) is 0 Å². The predicted molar refractivity (Wildman–Crippen MR) is 63.4 cm³/mol. The lowest BCUT2D eigenvalue weighted by Gasteiger charge is -2.24. The molecule has 0 aliphatic carbocycles. The largest absolute Gasteiger partial charge is 0.372 e. The number of halogens is 3. The average molecular weight is 258 g/mol. The van der Waals surface area contributed by atoms with Gasteiger partial charge in [0.15, 0.2) is 0 Å². The summed E-state index contributed by atoms with van der Waals surface area (Å²) in [5, 5.41) is 0. The zero-order valence-corrected chi connectivity index (χ0v) is 10.6. The Morgan fingerprint density at radius 3 is 2.61 bits per heavy atom. The van der Waals surface area contributed by atoms with Crippen LogP contribution in [-0.4, -0.2) is 12.7 Å². The summed E-state index contributed by atoms with van der Waals surface area (Å²) in [4.78, 5) is 0. The first kappa shape index (κ1) is 13.4. The third-order valence-corrected chi connectivity index (χ3v) is 3.34. The summed E-state index contributed by atoms with van der Waals surface area (Å²) in [6.07, 6.45) is -0.321. The fourth-order valence-electron chi connectivity index (χ4n) is 2.29. The molecule has 0 radical (unpaired) electrons. The maximum atomic E-state index is 14.2. The fraction of sp³-hybridized carbons (Fsp3) is 0.571. The van der Waals surface area contributed by atoms with Crippen LogP contribution >= 0.6 is 0 Å². The van der Waals surface area contributed by atoms with E-state index >= 15 is 0 Å². The van der Waals surface area contributed by atoms with Crippen LogP contribution in [0.5, 0.6) is 0 Å². The molecule has 0 amide bonds. The first-order valence-electron chi connectivity index (χ1n) is 6.23. The van der Waals surface area contributed by atoms with Crippen LogP contribution in [0, 0.1) is 5.82 Å². The zero-order chi connectivity index (χ0) is 13.3. The van der Waals surface area contributed by atoms with Crippen molar-refractivity contribution in [3.8, 4) is 0 Å². The molecule has 1 aliphatic rings. The summed E-state index contributed by atoms with van der Waals surface area (Å²) < 4.78 is 47.5. The van der Waals surface area contributed by atoms with E-state index < -0.39 is 23.4 Å². The molecule has 18 heavy (non-hydrogen) atoms. The van der Waals surface area contributed by atoms with E-state index in [1.165, 1.54) is 6.07 Å². The predicted octanol–water partition coefficient (Wildman–Crippen LogP) is 4.22. The molecule has 1 aromatic rings. The highest BCUT2D eigenvalue weighted by Gasteiger charge is 2.46. The Labute approximate surface area is 105 Å². The molecule has 1 aromatic carbocycles. The van der Waals surface area contributed by atoms with Gasteiger partial charge in [0.2, 0.25) is 0 Å². The van der Waals surface area contributed by atoms with Gasteiger partial charge < -0.3 is 4.74 Å². The lowest BCUT2D eigenvalue weighted by Crippen LogP contribution is -2.31. The number of hydrogen-bond donors (Lipinski definition) is 0. The average Bonchev–Trinajstić information content (AvgIpc) is 2.82. The molecule has 4 heteroatoms. The van der Waals surface area contributed by atoms with Crippen LogP contribution in [0.4, 0.5) is 13.2 Å². The SMILES string of the molecule is CC(C)c1cccc(C(F)(F)C2CCCO2)c1F. The van der Waals surface area contributed by atoms with Gasteiger partial charge in [0.05, 0.1) is 5.56 Å². The van der Waals surface area contributed by atoms with Crippen molar-refractivity contribution in [1.82, 2.24) is 0 Å². The summed E-state index contributed by atoms with van der Waals surface area (Å²) in [7, 11) is 0. The minimum absolute atomic E-state index is 0.120. The molecule has 0 bridgehead atoms. The van der Waals surface area contributed by atoms with Gasteiger partial charge in [0.25, 0.3) is 0 Å². The zero-order valence-electron chi connectivity index (χ0n) is 10.6. The molecule has 1 heterocycles. The molecule has 1 saturated heterocycles. The van der Waals surface area contributed by atoms with Crippen LogP contribution in [0.15, 0.2) is 18.2 Å². The van der Waals surface area contributed by atoms with Gasteiger partial charge in [0.1, 0.15) is 11.9 Å². The molecular weight excluding hydrogens is 241 g/mol. The number of alkyl halides is 2. The highest BCUT2D eigenvalue weighted by molar-refractivity contribution is 5.32. The molecule has 1 aliphatic heterocycles. The van der Waals surface area contributed by atoms with Gasteiger partial charge in [-0.05, 0) is 30.4 Å². The van der Waals surface area contributed by atoms with Crippen molar-refractivity contribution in [2.75, 3.05) is 6.61 Å².